The monoisotopic (exact) mass is 276 g/mol. The molecule has 0 aliphatic heterocycles. The summed E-state index contributed by atoms with van der Waals surface area (Å²) < 4.78 is 0. The quantitative estimate of drug-likeness (QED) is 0.881. The molecular formula is C14H17ClN4. The molecule has 1 atom stereocenters. The number of halogens is 1. The van der Waals surface area contributed by atoms with E-state index in [-0.39, 0.29) is 6.04 Å². The van der Waals surface area contributed by atoms with Crippen molar-refractivity contribution in [3.63, 3.8) is 0 Å². The van der Waals surface area contributed by atoms with Gasteiger partial charge in [-0.1, -0.05) is 18.5 Å². The molecule has 0 amide bonds. The molecule has 2 heterocycles. The molecule has 100 valence electrons. The van der Waals surface area contributed by atoms with Gasteiger partial charge in [0.05, 0.1) is 16.8 Å². The molecule has 0 radical (unpaired) electrons. The summed E-state index contributed by atoms with van der Waals surface area (Å²) >= 11 is 6.24. The summed E-state index contributed by atoms with van der Waals surface area (Å²) in [5, 5.41) is 4.04. The summed E-state index contributed by atoms with van der Waals surface area (Å²) in [5.74, 6) is 0. The van der Waals surface area contributed by atoms with Crippen LogP contribution in [0, 0.1) is 0 Å². The highest BCUT2D eigenvalue weighted by Gasteiger charge is 2.19. The number of nitrogen functional groups attached to an aromatic ring is 1. The molecule has 0 aliphatic carbocycles. The first-order valence-electron chi connectivity index (χ1n) is 6.27. The Morgan fingerprint density at radius 2 is 2.21 bits per heavy atom. The molecule has 0 spiro atoms. The highest BCUT2D eigenvalue weighted by Crippen LogP contribution is 2.28. The van der Waals surface area contributed by atoms with Crippen molar-refractivity contribution in [3.05, 3.63) is 53.1 Å². The van der Waals surface area contributed by atoms with Crippen molar-refractivity contribution in [3.8, 4) is 0 Å². The van der Waals surface area contributed by atoms with Gasteiger partial charge in [0.2, 0.25) is 0 Å². The van der Waals surface area contributed by atoms with E-state index in [0.29, 0.717) is 10.7 Å². The molecule has 2 rings (SSSR count). The zero-order valence-corrected chi connectivity index (χ0v) is 11.6. The Morgan fingerprint density at radius 3 is 2.89 bits per heavy atom. The van der Waals surface area contributed by atoms with Crippen molar-refractivity contribution < 1.29 is 0 Å². The molecule has 0 bridgehead atoms. The van der Waals surface area contributed by atoms with E-state index in [1.54, 1.807) is 24.7 Å². The number of anilines is 1. The van der Waals surface area contributed by atoms with E-state index in [1.165, 1.54) is 0 Å². The Morgan fingerprint density at radius 1 is 1.37 bits per heavy atom. The van der Waals surface area contributed by atoms with E-state index in [1.807, 2.05) is 12.1 Å². The summed E-state index contributed by atoms with van der Waals surface area (Å²) in [4.78, 5) is 8.51. The summed E-state index contributed by atoms with van der Waals surface area (Å²) in [7, 11) is 0. The van der Waals surface area contributed by atoms with E-state index in [4.69, 9.17) is 17.3 Å². The lowest BCUT2D eigenvalue weighted by Gasteiger charge is -2.20. The standard InChI is InChI=1S/C14H17ClN4/c1-2-6-18-13(10-9-17-8-5-12(10)16)14-11(15)4-3-7-19-14/h3-5,7-9,13,18H,2,6H2,1H3,(H2,16,17). The van der Waals surface area contributed by atoms with Gasteiger partial charge in [-0.25, -0.2) is 0 Å². The third-order valence-corrected chi connectivity index (χ3v) is 3.18. The lowest BCUT2D eigenvalue weighted by molar-refractivity contribution is 0.586. The van der Waals surface area contributed by atoms with Crippen LogP contribution in [0.5, 0.6) is 0 Å². The molecule has 0 fully saturated rings. The van der Waals surface area contributed by atoms with Gasteiger partial charge < -0.3 is 11.1 Å². The summed E-state index contributed by atoms with van der Waals surface area (Å²) in [5.41, 5.74) is 8.39. The van der Waals surface area contributed by atoms with Gasteiger partial charge in [0.1, 0.15) is 0 Å². The van der Waals surface area contributed by atoms with Crippen LogP contribution < -0.4 is 11.1 Å². The second-order valence-corrected chi connectivity index (χ2v) is 4.67. The molecule has 2 aromatic rings. The maximum Gasteiger partial charge on any atom is 0.0805 e. The number of rotatable bonds is 5. The van der Waals surface area contributed by atoms with Crippen LogP contribution in [0.15, 0.2) is 36.8 Å². The third-order valence-electron chi connectivity index (χ3n) is 2.86. The van der Waals surface area contributed by atoms with Gasteiger partial charge in [0, 0.05) is 29.8 Å². The van der Waals surface area contributed by atoms with Crippen molar-refractivity contribution in [1.82, 2.24) is 15.3 Å². The van der Waals surface area contributed by atoms with Crippen molar-refractivity contribution in [2.24, 2.45) is 0 Å². The second kappa shape index (κ2) is 6.50. The van der Waals surface area contributed by atoms with Crippen LogP contribution in [0.3, 0.4) is 0 Å². The zero-order valence-electron chi connectivity index (χ0n) is 10.8. The number of hydrogen-bond donors (Lipinski definition) is 2. The minimum absolute atomic E-state index is 0.137. The molecule has 4 nitrogen and oxygen atoms in total. The fourth-order valence-corrected chi connectivity index (χ4v) is 2.14. The van der Waals surface area contributed by atoms with Crippen LogP contribution in [0.4, 0.5) is 5.69 Å². The molecule has 5 heteroatoms. The molecule has 0 aromatic carbocycles. The smallest absolute Gasteiger partial charge is 0.0805 e. The second-order valence-electron chi connectivity index (χ2n) is 4.26. The minimum atomic E-state index is -0.137. The Bertz CT molecular complexity index is 499. The maximum absolute atomic E-state index is 6.24. The molecular weight excluding hydrogens is 260 g/mol. The number of aromatic nitrogens is 2. The average molecular weight is 277 g/mol. The predicted molar refractivity (Wildman–Crippen MR) is 78.0 cm³/mol. The van der Waals surface area contributed by atoms with Crippen LogP contribution in [-0.2, 0) is 0 Å². The van der Waals surface area contributed by atoms with E-state index in [0.717, 1.165) is 24.2 Å². The SMILES string of the molecule is CCCNC(c1cnccc1N)c1ncccc1Cl. The van der Waals surface area contributed by atoms with Crippen LogP contribution in [0.1, 0.15) is 30.6 Å². The highest BCUT2D eigenvalue weighted by atomic mass is 35.5. The summed E-state index contributed by atoms with van der Waals surface area (Å²) in [6.07, 6.45) is 6.18. The Balaban J connectivity index is 2.42. The van der Waals surface area contributed by atoms with Gasteiger partial charge in [-0.15, -0.1) is 0 Å². The van der Waals surface area contributed by atoms with Crippen molar-refractivity contribution >= 4 is 17.3 Å². The molecule has 3 N–H and O–H groups in total. The van der Waals surface area contributed by atoms with E-state index in [9.17, 15) is 0 Å². The topological polar surface area (TPSA) is 63.8 Å². The minimum Gasteiger partial charge on any atom is -0.398 e. The van der Waals surface area contributed by atoms with Gasteiger partial charge in [0.15, 0.2) is 0 Å². The average Bonchev–Trinajstić information content (AvgIpc) is 2.42. The van der Waals surface area contributed by atoms with Crippen LogP contribution in [0.25, 0.3) is 0 Å². The largest absolute Gasteiger partial charge is 0.398 e. The van der Waals surface area contributed by atoms with Gasteiger partial charge >= 0.3 is 0 Å². The van der Waals surface area contributed by atoms with Crippen molar-refractivity contribution in [1.29, 1.82) is 0 Å². The number of nitrogens with two attached hydrogens (primary N) is 1. The maximum atomic E-state index is 6.24. The fraction of sp³-hybridized carbons (Fsp3) is 0.286. The van der Waals surface area contributed by atoms with Gasteiger partial charge in [-0.2, -0.15) is 0 Å². The first-order chi connectivity index (χ1) is 9.24. The first kappa shape index (κ1) is 13.8. The lowest BCUT2D eigenvalue weighted by Crippen LogP contribution is -2.25. The highest BCUT2D eigenvalue weighted by molar-refractivity contribution is 6.31. The summed E-state index contributed by atoms with van der Waals surface area (Å²) in [6, 6.07) is 5.29. The van der Waals surface area contributed by atoms with E-state index in [2.05, 4.69) is 22.2 Å². The molecule has 19 heavy (non-hydrogen) atoms. The Labute approximate surface area is 118 Å². The molecule has 2 aromatic heterocycles. The number of pyridine rings is 2. The number of hydrogen-bond acceptors (Lipinski definition) is 4. The number of nitrogens with one attached hydrogen (secondary N) is 1. The van der Waals surface area contributed by atoms with Crippen LogP contribution in [0.2, 0.25) is 5.02 Å². The number of nitrogens with zero attached hydrogens (tertiary/aromatic N) is 2. The van der Waals surface area contributed by atoms with E-state index >= 15 is 0 Å². The molecule has 1 unspecified atom stereocenters. The molecule has 0 saturated carbocycles. The molecule has 0 aliphatic rings. The lowest BCUT2D eigenvalue weighted by atomic mass is 10.0. The van der Waals surface area contributed by atoms with Crippen molar-refractivity contribution in [2.45, 2.75) is 19.4 Å². The normalized spacial score (nSPS) is 12.3. The Kier molecular flexibility index (Phi) is 4.71. The Hall–Kier alpha value is -1.65. The van der Waals surface area contributed by atoms with Crippen LogP contribution >= 0.6 is 11.6 Å². The zero-order chi connectivity index (χ0) is 13.7. The predicted octanol–water partition coefficient (Wildman–Crippen LogP) is 2.80. The van der Waals surface area contributed by atoms with Gasteiger partial charge in [0.25, 0.3) is 0 Å². The first-order valence-corrected chi connectivity index (χ1v) is 6.65. The third kappa shape index (κ3) is 3.22. The molecule has 0 saturated heterocycles. The fourth-order valence-electron chi connectivity index (χ4n) is 1.91. The summed E-state index contributed by atoms with van der Waals surface area (Å²) in [6.45, 7) is 2.96. The van der Waals surface area contributed by atoms with Crippen molar-refractivity contribution in [2.75, 3.05) is 12.3 Å². The van der Waals surface area contributed by atoms with E-state index < -0.39 is 0 Å². The van der Waals surface area contributed by atoms with Crippen LogP contribution in [-0.4, -0.2) is 16.5 Å². The van der Waals surface area contributed by atoms with Gasteiger partial charge in [-0.05, 0) is 31.2 Å². The van der Waals surface area contributed by atoms with Gasteiger partial charge in [-0.3, -0.25) is 9.97 Å².